The lowest BCUT2D eigenvalue weighted by Crippen LogP contribution is -2.40. The van der Waals surface area contributed by atoms with Crippen molar-refractivity contribution in [1.29, 1.82) is 0 Å². The Bertz CT molecular complexity index is 950. The van der Waals surface area contributed by atoms with Gasteiger partial charge in [0.05, 0.1) is 18.4 Å². The van der Waals surface area contributed by atoms with Gasteiger partial charge in [-0.1, -0.05) is 32.4 Å². The van der Waals surface area contributed by atoms with Gasteiger partial charge in [-0.25, -0.2) is 9.37 Å². The van der Waals surface area contributed by atoms with Crippen LogP contribution in [0, 0.1) is 11.2 Å². The molecule has 0 aliphatic heterocycles. The lowest BCUT2D eigenvalue weighted by Gasteiger charge is -2.29. The van der Waals surface area contributed by atoms with Crippen LogP contribution in [0.3, 0.4) is 0 Å². The van der Waals surface area contributed by atoms with Gasteiger partial charge in [0.15, 0.2) is 5.82 Å². The Balaban J connectivity index is 1.48. The van der Waals surface area contributed by atoms with E-state index in [0.717, 1.165) is 31.5 Å². The summed E-state index contributed by atoms with van der Waals surface area (Å²) in [4.78, 5) is 16.8. The first kappa shape index (κ1) is 24.7. The highest BCUT2D eigenvalue weighted by molar-refractivity contribution is 6.30. The van der Waals surface area contributed by atoms with Crippen molar-refractivity contribution in [3.63, 3.8) is 0 Å². The van der Waals surface area contributed by atoms with E-state index in [1.807, 2.05) is 16.8 Å². The van der Waals surface area contributed by atoms with Crippen molar-refractivity contribution < 1.29 is 9.18 Å². The number of fused-ring (bicyclic) bond motifs is 1. The molecule has 0 saturated heterocycles. The molecule has 2 aromatic rings. The summed E-state index contributed by atoms with van der Waals surface area (Å²) >= 11 is 5.95. The lowest BCUT2D eigenvalue weighted by atomic mass is 9.88. The number of aryl methyl sites for hydroxylation is 1. The van der Waals surface area contributed by atoms with Crippen LogP contribution < -0.4 is 16.0 Å². The first-order chi connectivity index (χ1) is 14.9. The first-order valence-electron chi connectivity index (χ1n) is 11.2. The second-order valence-corrected chi connectivity index (χ2v) is 11.0. The summed E-state index contributed by atoms with van der Waals surface area (Å²) in [5, 5.41) is 10.0. The van der Waals surface area contributed by atoms with Crippen LogP contribution >= 0.6 is 11.6 Å². The third kappa shape index (κ3) is 6.77. The van der Waals surface area contributed by atoms with Crippen molar-refractivity contribution in [1.82, 2.24) is 20.2 Å². The van der Waals surface area contributed by atoms with Crippen molar-refractivity contribution in [3.8, 4) is 0 Å². The maximum atomic E-state index is 14.2. The number of aromatic nitrogens is 2. The van der Waals surface area contributed by atoms with E-state index in [-0.39, 0.29) is 35.3 Å². The van der Waals surface area contributed by atoms with E-state index in [1.54, 1.807) is 6.33 Å². The number of imidazole rings is 1. The number of nitrogens with zero attached hydrogens (tertiary/aromatic N) is 2. The summed E-state index contributed by atoms with van der Waals surface area (Å²) in [6, 6.07) is 3.24. The monoisotopic (exact) mass is 463 g/mol. The highest BCUT2D eigenvalue weighted by atomic mass is 35.5. The normalized spacial score (nSPS) is 16.7. The van der Waals surface area contributed by atoms with Crippen LogP contribution in [-0.4, -0.2) is 41.1 Å². The molecule has 1 unspecified atom stereocenters. The summed E-state index contributed by atoms with van der Waals surface area (Å²) < 4.78 is 16.2. The molecule has 8 heteroatoms. The number of nitrogens with one attached hydrogen (secondary N) is 3. The van der Waals surface area contributed by atoms with Gasteiger partial charge in [-0.3, -0.25) is 4.79 Å². The first-order valence-corrected chi connectivity index (χ1v) is 11.6. The summed E-state index contributed by atoms with van der Waals surface area (Å²) in [5.74, 6) is 0.0882. The van der Waals surface area contributed by atoms with E-state index in [0.29, 0.717) is 22.8 Å². The smallest absolute Gasteiger partial charge is 0.239 e. The topological polar surface area (TPSA) is 71.0 Å². The summed E-state index contributed by atoms with van der Waals surface area (Å²) in [7, 11) is 0. The Morgan fingerprint density at radius 1 is 1.25 bits per heavy atom. The second kappa shape index (κ2) is 9.89. The number of hydrogen-bond donors (Lipinski definition) is 3. The molecule has 3 N–H and O–H groups in total. The molecule has 1 aromatic heterocycles. The minimum Gasteiger partial charge on any atom is -0.328 e. The minimum absolute atomic E-state index is 0.0503. The van der Waals surface area contributed by atoms with Crippen LogP contribution in [0.4, 0.5) is 10.2 Å². The van der Waals surface area contributed by atoms with Crippen LogP contribution in [-0.2, 0) is 23.2 Å². The maximum absolute atomic E-state index is 14.2. The van der Waals surface area contributed by atoms with Crippen LogP contribution in [0.1, 0.15) is 52.2 Å². The highest BCUT2D eigenvalue weighted by Crippen LogP contribution is 2.27. The van der Waals surface area contributed by atoms with Crippen molar-refractivity contribution in [2.75, 3.05) is 25.0 Å². The SMILES string of the molecule is CC(C)(C)CNCC(C)(C)n1cnc(NC(=O)CNC2CCc3cc(Cl)cc(F)c3C2)c1. The molecule has 32 heavy (non-hydrogen) atoms. The average molecular weight is 464 g/mol. The quantitative estimate of drug-likeness (QED) is 0.550. The number of carbonyl (C=O) groups excluding carboxylic acids is 1. The number of halogens is 2. The van der Waals surface area contributed by atoms with E-state index in [1.165, 1.54) is 6.07 Å². The van der Waals surface area contributed by atoms with E-state index in [9.17, 15) is 9.18 Å². The molecule has 1 aromatic carbocycles. The van der Waals surface area contributed by atoms with Crippen LogP contribution in [0.25, 0.3) is 0 Å². The Morgan fingerprint density at radius 3 is 2.72 bits per heavy atom. The number of rotatable bonds is 8. The van der Waals surface area contributed by atoms with Gasteiger partial charge in [-0.2, -0.15) is 0 Å². The minimum atomic E-state index is -0.270. The molecule has 1 aliphatic carbocycles. The number of anilines is 1. The second-order valence-electron chi connectivity index (χ2n) is 10.5. The molecule has 0 fully saturated rings. The van der Waals surface area contributed by atoms with Crippen LogP contribution in [0.5, 0.6) is 0 Å². The van der Waals surface area contributed by atoms with Crippen molar-refractivity contribution >= 4 is 23.3 Å². The number of hydrogen-bond acceptors (Lipinski definition) is 4. The third-order valence-corrected chi connectivity index (χ3v) is 6.00. The van der Waals surface area contributed by atoms with Crippen molar-refractivity contribution in [2.45, 2.75) is 65.5 Å². The zero-order valence-electron chi connectivity index (χ0n) is 19.7. The maximum Gasteiger partial charge on any atom is 0.239 e. The molecule has 0 radical (unpaired) electrons. The fourth-order valence-electron chi connectivity index (χ4n) is 3.94. The third-order valence-electron chi connectivity index (χ3n) is 5.78. The Labute approximate surface area is 195 Å². The van der Waals surface area contributed by atoms with Gasteiger partial charge in [0.1, 0.15) is 5.82 Å². The zero-order valence-corrected chi connectivity index (χ0v) is 20.4. The molecule has 6 nitrogen and oxygen atoms in total. The van der Waals surface area contributed by atoms with Gasteiger partial charge in [-0.05, 0) is 61.8 Å². The van der Waals surface area contributed by atoms with Crippen molar-refractivity contribution in [2.24, 2.45) is 5.41 Å². The van der Waals surface area contributed by atoms with E-state index < -0.39 is 0 Å². The van der Waals surface area contributed by atoms with Crippen LogP contribution in [0.2, 0.25) is 5.02 Å². The molecule has 1 atom stereocenters. The number of carbonyl (C=O) groups is 1. The zero-order chi connectivity index (χ0) is 23.5. The van der Waals surface area contributed by atoms with Gasteiger partial charge < -0.3 is 20.5 Å². The predicted molar refractivity (Wildman–Crippen MR) is 128 cm³/mol. The fraction of sp³-hybridized carbons (Fsp3) is 0.583. The van der Waals surface area contributed by atoms with E-state index in [2.05, 4.69) is 55.6 Å². The molecule has 3 rings (SSSR count). The summed E-state index contributed by atoms with van der Waals surface area (Å²) in [6.07, 6.45) is 5.73. The molecular formula is C24H35ClFN5O. The molecule has 0 spiro atoms. The predicted octanol–water partition coefficient (Wildman–Crippen LogP) is 4.13. The molecule has 0 bridgehead atoms. The van der Waals surface area contributed by atoms with E-state index in [4.69, 9.17) is 11.6 Å². The standard InChI is InChI=1S/C24H35ClFN5O/c1-23(2,3)13-27-14-24(4,5)31-12-21(29-15-31)30-22(32)11-28-18-7-6-16-8-17(25)9-20(26)19(16)10-18/h8-9,12,15,18,27-28H,6-7,10-11,13-14H2,1-5H3,(H,30,32). The molecule has 176 valence electrons. The Kier molecular flexibility index (Phi) is 7.63. The van der Waals surface area contributed by atoms with Crippen LogP contribution in [0.15, 0.2) is 24.7 Å². The lowest BCUT2D eigenvalue weighted by molar-refractivity contribution is -0.115. The van der Waals surface area contributed by atoms with Gasteiger partial charge in [0, 0.05) is 30.4 Å². The van der Waals surface area contributed by atoms with Gasteiger partial charge in [0.25, 0.3) is 0 Å². The van der Waals surface area contributed by atoms with Crippen molar-refractivity contribution in [3.05, 3.63) is 46.6 Å². The van der Waals surface area contributed by atoms with Gasteiger partial charge >= 0.3 is 0 Å². The van der Waals surface area contributed by atoms with Gasteiger partial charge in [-0.15, -0.1) is 0 Å². The highest BCUT2D eigenvalue weighted by Gasteiger charge is 2.24. The number of amides is 1. The number of benzene rings is 1. The summed E-state index contributed by atoms with van der Waals surface area (Å²) in [5.41, 5.74) is 1.69. The largest absolute Gasteiger partial charge is 0.328 e. The Hall–Kier alpha value is -1.96. The fourth-order valence-corrected chi connectivity index (χ4v) is 4.17. The summed E-state index contributed by atoms with van der Waals surface area (Å²) in [6.45, 7) is 12.7. The van der Waals surface area contributed by atoms with Gasteiger partial charge in [0.2, 0.25) is 5.91 Å². The molecule has 1 heterocycles. The van der Waals surface area contributed by atoms with E-state index >= 15 is 0 Å². The molecular weight excluding hydrogens is 429 g/mol. The molecule has 1 aliphatic rings. The Morgan fingerprint density at radius 2 is 2.00 bits per heavy atom. The molecule has 0 saturated carbocycles. The molecule has 1 amide bonds. The average Bonchev–Trinajstić information content (AvgIpc) is 3.14.